The summed E-state index contributed by atoms with van der Waals surface area (Å²) in [7, 11) is 1.62. The Morgan fingerprint density at radius 3 is 2.48 bits per heavy atom. The zero-order valence-corrected chi connectivity index (χ0v) is 12.6. The van der Waals surface area contributed by atoms with E-state index in [1.807, 2.05) is 24.3 Å². The molecule has 0 aliphatic heterocycles. The van der Waals surface area contributed by atoms with Crippen molar-refractivity contribution >= 4 is 11.8 Å². The van der Waals surface area contributed by atoms with E-state index in [1.54, 1.807) is 18.9 Å². The van der Waals surface area contributed by atoms with Crippen LogP contribution in [0.5, 0.6) is 5.75 Å². The molecule has 0 heterocycles. The van der Waals surface area contributed by atoms with Gasteiger partial charge in [-0.1, -0.05) is 12.1 Å². The number of hydrogen-bond acceptors (Lipinski definition) is 3. The minimum absolute atomic E-state index is 0.0299. The van der Waals surface area contributed by atoms with Gasteiger partial charge < -0.3 is 15.0 Å². The van der Waals surface area contributed by atoms with Gasteiger partial charge in [0.05, 0.1) is 7.11 Å². The highest BCUT2D eigenvalue weighted by atomic mass is 16.5. The quantitative estimate of drug-likeness (QED) is 0.831. The lowest BCUT2D eigenvalue weighted by Gasteiger charge is -2.20. The number of benzene rings is 1. The third kappa shape index (κ3) is 4.77. The Balaban J connectivity index is 1.72. The Morgan fingerprint density at radius 2 is 1.95 bits per heavy atom. The van der Waals surface area contributed by atoms with Crippen molar-refractivity contribution in [3.05, 3.63) is 29.8 Å². The second-order valence-corrected chi connectivity index (χ2v) is 5.32. The Bertz CT molecular complexity index is 495. The maximum atomic E-state index is 11.8. The minimum atomic E-state index is -0.0299. The van der Waals surface area contributed by atoms with Crippen LogP contribution < -0.4 is 10.1 Å². The van der Waals surface area contributed by atoms with Gasteiger partial charge in [0.1, 0.15) is 5.75 Å². The summed E-state index contributed by atoms with van der Waals surface area (Å²) in [5.74, 6) is 0.824. The van der Waals surface area contributed by atoms with Gasteiger partial charge in [0.25, 0.3) is 0 Å². The summed E-state index contributed by atoms with van der Waals surface area (Å²) in [6.45, 7) is 2.56. The average molecular weight is 290 g/mol. The maximum Gasteiger partial charge on any atom is 0.222 e. The molecule has 114 valence electrons. The van der Waals surface area contributed by atoms with Crippen molar-refractivity contribution in [3.8, 4) is 5.75 Å². The van der Waals surface area contributed by atoms with Gasteiger partial charge >= 0.3 is 0 Å². The smallest absolute Gasteiger partial charge is 0.222 e. The van der Waals surface area contributed by atoms with Crippen molar-refractivity contribution in [2.45, 2.75) is 38.8 Å². The van der Waals surface area contributed by atoms with E-state index in [0.29, 0.717) is 25.6 Å². The molecule has 0 aromatic heterocycles. The van der Waals surface area contributed by atoms with Crippen molar-refractivity contribution in [1.82, 2.24) is 10.2 Å². The molecular weight excluding hydrogens is 268 g/mol. The molecule has 0 spiro atoms. The molecule has 1 saturated carbocycles. The summed E-state index contributed by atoms with van der Waals surface area (Å²) >= 11 is 0. The van der Waals surface area contributed by atoms with Crippen LogP contribution in [0.1, 0.15) is 31.7 Å². The number of hydrogen-bond donors (Lipinski definition) is 1. The van der Waals surface area contributed by atoms with Crippen molar-refractivity contribution in [3.63, 3.8) is 0 Å². The standard InChI is InChI=1S/C16H22N2O3/c1-12(19)18(14-5-6-14)10-9-16(20)17-11-13-3-7-15(21-2)8-4-13/h3-4,7-8,14H,5-6,9-11H2,1-2H3,(H,17,20). The van der Waals surface area contributed by atoms with Crippen LogP contribution >= 0.6 is 0 Å². The van der Waals surface area contributed by atoms with E-state index < -0.39 is 0 Å². The first-order valence-electron chi connectivity index (χ1n) is 7.27. The Hall–Kier alpha value is -2.04. The summed E-state index contributed by atoms with van der Waals surface area (Å²) in [5, 5.41) is 2.87. The monoisotopic (exact) mass is 290 g/mol. The van der Waals surface area contributed by atoms with E-state index in [1.165, 1.54) is 0 Å². The summed E-state index contributed by atoms with van der Waals surface area (Å²) in [5.41, 5.74) is 1.02. The molecule has 1 aromatic carbocycles. The molecule has 0 radical (unpaired) electrons. The van der Waals surface area contributed by atoms with E-state index in [-0.39, 0.29) is 11.8 Å². The van der Waals surface area contributed by atoms with Crippen LogP contribution in [0, 0.1) is 0 Å². The summed E-state index contributed by atoms with van der Waals surface area (Å²) in [6.07, 6.45) is 2.48. The fourth-order valence-corrected chi connectivity index (χ4v) is 2.24. The third-order valence-corrected chi connectivity index (χ3v) is 3.62. The summed E-state index contributed by atoms with van der Waals surface area (Å²) < 4.78 is 5.09. The number of nitrogens with one attached hydrogen (secondary N) is 1. The number of rotatable bonds is 7. The van der Waals surface area contributed by atoms with Gasteiger partial charge in [-0.25, -0.2) is 0 Å². The molecule has 1 aliphatic rings. The second-order valence-electron chi connectivity index (χ2n) is 5.32. The first-order valence-corrected chi connectivity index (χ1v) is 7.27. The van der Waals surface area contributed by atoms with Crippen molar-refractivity contribution < 1.29 is 14.3 Å². The maximum absolute atomic E-state index is 11.8. The van der Waals surface area contributed by atoms with Crippen LogP contribution in [-0.4, -0.2) is 36.4 Å². The molecule has 0 bridgehead atoms. The van der Waals surface area contributed by atoms with Gasteiger partial charge in [0.2, 0.25) is 11.8 Å². The summed E-state index contributed by atoms with van der Waals surface area (Å²) in [4.78, 5) is 25.1. The van der Waals surface area contributed by atoms with Gasteiger partial charge in [-0.3, -0.25) is 9.59 Å². The Morgan fingerprint density at radius 1 is 1.29 bits per heavy atom. The molecule has 0 atom stereocenters. The minimum Gasteiger partial charge on any atom is -0.497 e. The molecule has 5 heteroatoms. The number of amides is 2. The number of carbonyl (C=O) groups is 2. The predicted molar refractivity (Wildman–Crippen MR) is 79.9 cm³/mol. The molecule has 0 unspecified atom stereocenters. The highest BCUT2D eigenvalue weighted by molar-refractivity contribution is 5.78. The molecule has 21 heavy (non-hydrogen) atoms. The van der Waals surface area contributed by atoms with Gasteiger partial charge in [-0.15, -0.1) is 0 Å². The van der Waals surface area contributed by atoms with Crippen molar-refractivity contribution in [1.29, 1.82) is 0 Å². The highest BCUT2D eigenvalue weighted by Gasteiger charge is 2.30. The lowest BCUT2D eigenvalue weighted by molar-refractivity contribution is -0.130. The van der Waals surface area contributed by atoms with E-state index in [0.717, 1.165) is 24.2 Å². The van der Waals surface area contributed by atoms with Gasteiger partial charge in [-0.05, 0) is 30.5 Å². The number of methoxy groups -OCH3 is 1. The molecule has 2 rings (SSSR count). The van der Waals surface area contributed by atoms with E-state index in [9.17, 15) is 9.59 Å². The van der Waals surface area contributed by atoms with Crippen molar-refractivity contribution in [2.75, 3.05) is 13.7 Å². The van der Waals surface area contributed by atoms with E-state index in [2.05, 4.69) is 5.32 Å². The number of nitrogens with zero attached hydrogens (tertiary/aromatic N) is 1. The molecule has 1 fully saturated rings. The molecule has 1 N–H and O–H groups in total. The zero-order chi connectivity index (χ0) is 15.2. The highest BCUT2D eigenvalue weighted by Crippen LogP contribution is 2.26. The van der Waals surface area contributed by atoms with E-state index >= 15 is 0 Å². The van der Waals surface area contributed by atoms with Crippen LogP contribution in [0.15, 0.2) is 24.3 Å². The fraction of sp³-hybridized carbons (Fsp3) is 0.500. The Kier molecular flexibility index (Phi) is 5.20. The van der Waals surface area contributed by atoms with Crippen LogP contribution in [0.3, 0.4) is 0 Å². The second kappa shape index (κ2) is 7.11. The zero-order valence-electron chi connectivity index (χ0n) is 12.6. The molecule has 1 aromatic rings. The van der Waals surface area contributed by atoms with Crippen LogP contribution in [-0.2, 0) is 16.1 Å². The predicted octanol–water partition coefficient (Wildman–Crippen LogP) is 1.71. The largest absolute Gasteiger partial charge is 0.497 e. The lowest BCUT2D eigenvalue weighted by atomic mass is 10.2. The third-order valence-electron chi connectivity index (χ3n) is 3.62. The van der Waals surface area contributed by atoms with Crippen LogP contribution in [0.4, 0.5) is 0 Å². The number of carbonyl (C=O) groups excluding carboxylic acids is 2. The normalized spacial score (nSPS) is 13.6. The number of ether oxygens (including phenoxy) is 1. The van der Waals surface area contributed by atoms with E-state index in [4.69, 9.17) is 4.74 Å². The average Bonchev–Trinajstić information content (AvgIpc) is 3.30. The van der Waals surface area contributed by atoms with Crippen LogP contribution in [0.25, 0.3) is 0 Å². The molecule has 0 saturated heterocycles. The fourth-order valence-electron chi connectivity index (χ4n) is 2.24. The topological polar surface area (TPSA) is 58.6 Å². The van der Waals surface area contributed by atoms with Crippen molar-refractivity contribution in [2.24, 2.45) is 0 Å². The first-order chi connectivity index (χ1) is 10.1. The van der Waals surface area contributed by atoms with Gasteiger partial charge in [0, 0.05) is 32.5 Å². The lowest BCUT2D eigenvalue weighted by Crippen LogP contribution is -2.35. The van der Waals surface area contributed by atoms with Gasteiger partial charge in [0.15, 0.2) is 0 Å². The molecule has 1 aliphatic carbocycles. The Labute approximate surface area is 125 Å². The molecule has 2 amide bonds. The van der Waals surface area contributed by atoms with Gasteiger partial charge in [-0.2, -0.15) is 0 Å². The summed E-state index contributed by atoms with van der Waals surface area (Å²) in [6, 6.07) is 7.94. The molecular formula is C16H22N2O3. The molecule has 5 nitrogen and oxygen atoms in total. The van der Waals surface area contributed by atoms with Crippen LogP contribution in [0.2, 0.25) is 0 Å². The SMILES string of the molecule is COc1ccc(CNC(=O)CCN(C(C)=O)C2CC2)cc1. The first kappa shape index (κ1) is 15.4.